The minimum atomic E-state index is 0.206. The van der Waals surface area contributed by atoms with Crippen LogP contribution in [0.5, 0.6) is 0 Å². The van der Waals surface area contributed by atoms with Crippen LogP contribution in [-0.2, 0) is 5.41 Å². The fourth-order valence-corrected chi connectivity index (χ4v) is 2.73. The topological polar surface area (TPSA) is 24.1 Å². The largest absolute Gasteiger partial charge is 0.381 e. The summed E-state index contributed by atoms with van der Waals surface area (Å²) in [5.74, 6) is 0. The number of benzene rings is 1. The Morgan fingerprint density at radius 2 is 1.95 bits per heavy atom. The van der Waals surface area contributed by atoms with E-state index in [1.54, 1.807) is 0 Å². The summed E-state index contributed by atoms with van der Waals surface area (Å²) in [5.41, 5.74) is 4.48. The van der Waals surface area contributed by atoms with Gasteiger partial charge in [0.25, 0.3) is 0 Å². The Kier molecular flexibility index (Phi) is 3.65. The number of rotatable bonds is 2. The molecule has 0 saturated carbocycles. The van der Waals surface area contributed by atoms with Crippen molar-refractivity contribution in [2.45, 2.75) is 65.0 Å². The Hall–Kier alpha value is -1.02. The van der Waals surface area contributed by atoms with Gasteiger partial charge in [-0.15, -0.1) is 0 Å². The van der Waals surface area contributed by atoms with Crippen LogP contribution in [0.15, 0.2) is 18.2 Å². The summed E-state index contributed by atoms with van der Waals surface area (Å²) in [5, 5.41) is 7.28. The first kappa shape index (κ1) is 14.4. The third-order valence-corrected chi connectivity index (χ3v) is 4.05. The third kappa shape index (κ3) is 3.50. The Balaban J connectivity index is 2.16. The zero-order valence-electron chi connectivity index (χ0n) is 13.2. The molecule has 0 radical (unpaired) electrons. The zero-order chi connectivity index (χ0) is 14.3. The number of anilines is 1. The van der Waals surface area contributed by atoms with Crippen molar-refractivity contribution in [3.05, 3.63) is 29.3 Å². The van der Waals surface area contributed by atoms with Gasteiger partial charge in [-0.05, 0) is 49.8 Å². The van der Waals surface area contributed by atoms with Gasteiger partial charge in [0, 0.05) is 23.8 Å². The Morgan fingerprint density at radius 3 is 2.47 bits per heavy atom. The molecular weight excluding hydrogens is 232 g/mol. The Morgan fingerprint density at radius 1 is 1.26 bits per heavy atom. The monoisotopic (exact) mass is 260 g/mol. The second-order valence-electron chi connectivity index (χ2n) is 7.59. The summed E-state index contributed by atoms with van der Waals surface area (Å²) in [4.78, 5) is 0. The highest BCUT2D eigenvalue weighted by Crippen LogP contribution is 2.29. The average Bonchev–Trinajstić information content (AvgIpc) is 2.60. The second kappa shape index (κ2) is 4.82. The maximum absolute atomic E-state index is 3.71. The lowest BCUT2D eigenvalue weighted by Gasteiger charge is -2.23. The maximum Gasteiger partial charge on any atom is 0.0403 e. The lowest BCUT2D eigenvalue weighted by molar-refractivity contribution is 0.457. The molecule has 19 heavy (non-hydrogen) atoms. The molecule has 2 rings (SSSR count). The third-order valence-electron chi connectivity index (χ3n) is 4.05. The molecule has 1 heterocycles. The number of hydrogen-bond donors (Lipinski definition) is 2. The van der Waals surface area contributed by atoms with Crippen molar-refractivity contribution in [1.29, 1.82) is 0 Å². The molecule has 0 aromatic heterocycles. The highest BCUT2D eigenvalue weighted by atomic mass is 15.1. The van der Waals surface area contributed by atoms with E-state index in [0.29, 0.717) is 6.04 Å². The van der Waals surface area contributed by atoms with Crippen molar-refractivity contribution >= 4 is 5.69 Å². The molecule has 1 unspecified atom stereocenters. The molecule has 1 saturated heterocycles. The average molecular weight is 260 g/mol. The van der Waals surface area contributed by atoms with Gasteiger partial charge in [0.05, 0.1) is 0 Å². The van der Waals surface area contributed by atoms with E-state index in [4.69, 9.17) is 0 Å². The van der Waals surface area contributed by atoms with E-state index >= 15 is 0 Å². The molecule has 1 fully saturated rings. The molecule has 0 aliphatic carbocycles. The minimum absolute atomic E-state index is 0.206. The zero-order valence-corrected chi connectivity index (χ0v) is 13.2. The summed E-state index contributed by atoms with van der Waals surface area (Å²) in [7, 11) is 0. The van der Waals surface area contributed by atoms with Gasteiger partial charge in [-0.3, -0.25) is 0 Å². The smallest absolute Gasteiger partial charge is 0.0403 e. The molecule has 0 amide bonds. The van der Waals surface area contributed by atoms with Crippen molar-refractivity contribution in [3.63, 3.8) is 0 Å². The van der Waals surface area contributed by atoms with Crippen LogP contribution in [0.1, 0.15) is 52.2 Å². The molecular formula is C17H28N2. The molecule has 106 valence electrons. The van der Waals surface area contributed by atoms with Gasteiger partial charge in [-0.2, -0.15) is 0 Å². The van der Waals surface area contributed by atoms with Crippen LogP contribution in [-0.4, -0.2) is 18.1 Å². The molecule has 1 aliphatic heterocycles. The van der Waals surface area contributed by atoms with Gasteiger partial charge in [-0.1, -0.05) is 32.9 Å². The Bertz CT molecular complexity index is 455. The lowest BCUT2D eigenvalue weighted by atomic mass is 9.86. The van der Waals surface area contributed by atoms with Gasteiger partial charge >= 0.3 is 0 Å². The van der Waals surface area contributed by atoms with Crippen molar-refractivity contribution in [3.8, 4) is 0 Å². The molecule has 2 nitrogen and oxygen atoms in total. The number of nitrogens with one attached hydrogen (secondary N) is 2. The molecule has 1 aromatic rings. The van der Waals surface area contributed by atoms with E-state index in [9.17, 15) is 0 Å². The van der Waals surface area contributed by atoms with Gasteiger partial charge in [0.15, 0.2) is 0 Å². The van der Waals surface area contributed by atoms with Gasteiger partial charge in [0.2, 0.25) is 0 Å². The van der Waals surface area contributed by atoms with Crippen molar-refractivity contribution in [1.82, 2.24) is 5.32 Å². The quantitative estimate of drug-likeness (QED) is 0.844. The summed E-state index contributed by atoms with van der Waals surface area (Å²) in [6, 6.07) is 7.33. The molecule has 0 spiro atoms. The first-order valence-electron chi connectivity index (χ1n) is 7.30. The van der Waals surface area contributed by atoms with E-state index in [0.717, 1.165) is 6.54 Å². The van der Waals surface area contributed by atoms with Crippen molar-refractivity contribution < 1.29 is 0 Å². The van der Waals surface area contributed by atoms with Crippen LogP contribution in [0.3, 0.4) is 0 Å². The fourth-order valence-electron chi connectivity index (χ4n) is 2.73. The number of aryl methyl sites for hydroxylation is 1. The van der Waals surface area contributed by atoms with E-state index < -0.39 is 0 Å². The van der Waals surface area contributed by atoms with E-state index in [-0.39, 0.29) is 11.0 Å². The number of hydrogen-bond acceptors (Lipinski definition) is 2. The Labute approximate surface area is 118 Å². The predicted molar refractivity (Wildman–Crippen MR) is 84.0 cm³/mol. The van der Waals surface area contributed by atoms with Crippen molar-refractivity contribution in [2.75, 3.05) is 11.9 Å². The first-order valence-corrected chi connectivity index (χ1v) is 7.30. The van der Waals surface area contributed by atoms with Crippen LogP contribution < -0.4 is 10.6 Å². The fraction of sp³-hybridized carbons (Fsp3) is 0.647. The van der Waals surface area contributed by atoms with E-state index in [2.05, 4.69) is 70.4 Å². The van der Waals surface area contributed by atoms with Crippen LogP contribution >= 0.6 is 0 Å². The lowest BCUT2D eigenvalue weighted by Crippen LogP contribution is -2.31. The highest BCUT2D eigenvalue weighted by molar-refractivity contribution is 5.54. The minimum Gasteiger partial charge on any atom is -0.381 e. The molecule has 2 N–H and O–H groups in total. The summed E-state index contributed by atoms with van der Waals surface area (Å²) < 4.78 is 0. The predicted octanol–water partition coefficient (Wildman–Crippen LogP) is 3.84. The van der Waals surface area contributed by atoms with E-state index in [1.165, 1.54) is 23.2 Å². The van der Waals surface area contributed by atoms with Gasteiger partial charge < -0.3 is 10.6 Å². The summed E-state index contributed by atoms with van der Waals surface area (Å²) in [6.07, 6.45) is 1.17. The van der Waals surface area contributed by atoms with Crippen LogP contribution in [0.4, 0.5) is 5.69 Å². The highest BCUT2D eigenvalue weighted by Gasteiger charge is 2.30. The van der Waals surface area contributed by atoms with Crippen molar-refractivity contribution in [2.24, 2.45) is 0 Å². The molecule has 1 aromatic carbocycles. The first-order chi connectivity index (χ1) is 8.67. The van der Waals surface area contributed by atoms with Crippen LogP contribution in [0.2, 0.25) is 0 Å². The molecule has 2 heteroatoms. The van der Waals surface area contributed by atoms with Gasteiger partial charge in [0.1, 0.15) is 0 Å². The standard InChI is InChI=1S/C17H28N2/c1-12-7-8-13(16(2,3)4)9-15(12)19-14-10-17(5,6)18-11-14/h7-9,14,18-19H,10-11H2,1-6H3. The second-order valence-corrected chi connectivity index (χ2v) is 7.59. The SMILES string of the molecule is Cc1ccc(C(C)(C)C)cc1NC1CNC(C)(C)C1. The van der Waals surface area contributed by atoms with E-state index in [1.807, 2.05) is 0 Å². The normalized spacial score (nSPS) is 22.5. The van der Waals surface area contributed by atoms with Crippen LogP contribution in [0.25, 0.3) is 0 Å². The van der Waals surface area contributed by atoms with Crippen LogP contribution in [0, 0.1) is 6.92 Å². The molecule has 1 atom stereocenters. The maximum atomic E-state index is 3.71. The molecule has 1 aliphatic rings. The summed E-state index contributed by atoms with van der Waals surface area (Å²) >= 11 is 0. The van der Waals surface area contributed by atoms with Gasteiger partial charge in [-0.25, -0.2) is 0 Å². The molecule has 0 bridgehead atoms. The summed E-state index contributed by atoms with van der Waals surface area (Å²) in [6.45, 7) is 14.6.